The van der Waals surface area contributed by atoms with Crippen LogP contribution in [0.3, 0.4) is 0 Å². The molecule has 1 N–H and O–H groups in total. The molecule has 4 atom stereocenters. The number of phenols is 1. The Morgan fingerprint density at radius 3 is 2.50 bits per heavy atom. The number of ketones is 2. The lowest BCUT2D eigenvalue weighted by atomic mass is 9.60. The number of hydrogen-bond donors (Lipinski definition) is 1. The Bertz CT molecular complexity index is 1610. The van der Waals surface area contributed by atoms with Gasteiger partial charge in [0.25, 0.3) is 0 Å². The van der Waals surface area contributed by atoms with Crippen LogP contribution in [-0.4, -0.2) is 35.6 Å². The zero-order valence-electron chi connectivity index (χ0n) is 21.9. The number of anilines is 1. The number of rotatable bonds is 4. The number of Topliss-reactive ketones (excluding diaryl/α,β-unsaturated/α-hetero) is 1. The highest BCUT2D eigenvalue weighted by Gasteiger charge is 2.56. The molecule has 0 radical (unpaired) electrons. The fraction of sp³-hybridized carbons (Fsp3) is 0.250. The molecule has 1 heterocycles. The third kappa shape index (κ3) is 4.04. The minimum absolute atomic E-state index is 0.00637. The molecule has 1 fully saturated rings. The number of ether oxygens (including phenoxy) is 1. The highest BCUT2D eigenvalue weighted by molar-refractivity contribution is 6.31. The van der Waals surface area contributed by atoms with Gasteiger partial charge in [-0.25, -0.2) is 0 Å². The van der Waals surface area contributed by atoms with Gasteiger partial charge in [0.05, 0.1) is 24.6 Å². The van der Waals surface area contributed by atoms with Crippen molar-refractivity contribution in [3.63, 3.8) is 0 Å². The van der Waals surface area contributed by atoms with E-state index in [0.717, 1.165) is 11.1 Å². The quantitative estimate of drug-likeness (QED) is 0.315. The van der Waals surface area contributed by atoms with Crippen LogP contribution in [0.1, 0.15) is 25.3 Å². The van der Waals surface area contributed by atoms with E-state index in [0.29, 0.717) is 39.6 Å². The number of amides is 2. The van der Waals surface area contributed by atoms with Crippen molar-refractivity contribution in [3.8, 4) is 11.5 Å². The predicted octanol–water partition coefficient (Wildman–Crippen LogP) is 5.23. The molecule has 0 unspecified atom stereocenters. The third-order valence-electron chi connectivity index (χ3n) is 8.38. The zero-order valence-corrected chi connectivity index (χ0v) is 22.6. The Kier molecular flexibility index (Phi) is 6.34. The molecule has 1 aliphatic heterocycles. The van der Waals surface area contributed by atoms with Crippen molar-refractivity contribution < 1.29 is 29.0 Å². The van der Waals surface area contributed by atoms with E-state index in [1.807, 2.05) is 18.2 Å². The van der Waals surface area contributed by atoms with Crippen molar-refractivity contribution in [2.45, 2.75) is 19.8 Å². The molecule has 0 bridgehead atoms. The molecule has 2 aromatic rings. The van der Waals surface area contributed by atoms with Crippen molar-refractivity contribution in [2.75, 3.05) is 12.0 Å². The third-order valence-corrected chi connectivity index (χ3v) is 8.63. The second-order valence-electron chi connectivity index (χ2n) is 10.6. The van der Waals surface area contributed by atoms with Crippen molar-refractivity contribution in [3.05, 3.63) is 93.6 Å². The maximum atomic E-state index is 13.8. The summed E-state index contributed by atoms with van der Waals surface area (Å²) in [5.74, 6) is -2.80. The molecule has 2 amide bonds. The van der Waals surface area contributed by atoms with Gasteiger partial charge in [0.2, 0.25) is 11.8 Å². The summed E-state index contributed by atoms with van der Waals surface area (Å²) >= 11 is 6.03. The summed E-state index contributed by atoms with van der Waals surface area (Å²) in [7, 11) is 1.46. The molecule has 3 aliphatic carbocycles. The van der Waals surface area contributed by atoms with Crippen LogP contribution >= 0.6 is 11.6 Å². The van der Waals surface area contributed by atoms with Gasteiger partial charge in [0, 0.05) is 27.7 Å². The summed E-state index contributed by atoms with van der Waals surface area (Å²) in [6.45, 7) is 1.64. The van der Waals surface area contributed by atoms with Crippen LogP contribution in [0.15, 0.2) is 83.0 Å². The molecule has 6 rings (SSSR count). The van der Waals surface area contributed by atoms with Crippen LogP contribution in [0, 0.1) is 23.7 Å². The van der Waals surface area contributed by atoms with E-state index >= 15 is 0 Å². The van der Waals surface area contributed by atoms with E-state index in [1.54, 1.807) is 43.3 Å². The molecule has 0 aromatic heterocycles. The number of fused-ring (bicyclic) bond motifs is 3. The van der Waals surface area contributed by atoms with E-state index in [9.17, 15) is 24.3 Å². The number of aromatic hydroxyl groups is 1. The van der Waals surface area contributed by atoms with Crippen molar-refractivity contribution >= 4 is 46.7 Å². The summed E-state index contributed by atoms with van der Waals surface area (Å²) in [4.78, 5) is 55.2. The Hall–Kier alpha value is -4.23. The normalized spacial score (nSPS) is 26.0. The highest BCUT2D eigenvalue weighted by Crippen LogP contribution is 2.53. The highest BCUT2D eigenvalue weighted by atomic mass is 35.5. The van der Waals surface area contributed by atoms with Crippen LogP contribution in [0.5, 0.6) is 11.5 Å². The summed E-state index contributed by atoms with van der Waals surface area (Å²) in [6, 6.07) is 11.5. The van der Waals surface area contributed by atoms with Gasteiger partial charge in [-0.05, 0) is 73.7 Å². The Morgan fingerprint density at radius 1 is 1.02 bits per heavy atom. The molecule has 1 saturated heterocycles. The number of methoxy groups -OCH3 is 1. The van der Waals surface area contributed by atoms with E-state index in [2.05, 4.69) is 0 Å². The van der Waals surface area contributed by atoms with E-state index < -0.39 is 23.7 Å². The number of benzene rings is 2. The van der Waals surface area contributed by atoms with Gasteiger partial charge in [-0.2, -0.15) is 0 Å². The molecule has 2 aromatic carbocycles. The number of imide groups is 1. The van der Waals surface area contributed by atoms with Gasteiger partial charge in [0.15, 0.2) is 23.1 Å². The van der Waals surface area contributed by atoms with Crippen LogP contribution < -0.4 is 9.64 Å². The standard InChI is InChI=1S/C32H26ClNO6/c1-16-13-26(36)24-15-23-20(21(28(24)30(16)37)9-3-17-4-12-25(35)27(14-17)40-2)10-11-22-29(23)32(39)34(31(22)38)19-7-5-18(33)6-8-19/h3-10,12-14,21-23,29,35H,11,15H2,1-2H3/t21-,22-,23+,29-/m0/s1. The van der Waals surface area contributed by atoms with Gasteiger partial charge in [-0.15, -0.1) is 0 Å². The van der Waals surface area contributed by atoms with E-state index in [4.69, 9.17) is 16.3 Å². The van der Waals surface area contributed by atoms with Crippen molar-refractivity contribution in [2.24, 2.45) is 23.7 Å². The second kappa shape index (κ2) is 9.75. The molecule has 202 valence electrons. The summed E-state index contributed by atoms with van der Waals surface area (Å²) in [6.07, 6.45) is 7.61. The van der Waals surface area contributed by atoms with E-state index in [1.165, 1.54) is 24.2 Å². The van der Waals surface area contributed by atoms with Gasteiger partial charge in [0.1, 0.15) is 0 Å². The van der Waals surface area contributed by atoms with Crippen molar-refractivity contribution in [1.29, 1.82) is 0 Å². The largest absolute Gasteiger partial charge is 0.504 e. The number of carbonyl (C=O) groups excluding carboxylic acids is 4. The number of hydrogen-bond acceptors (Lipinski definition) is 6. The molecule has 8 heteroatoms. The van der Waals surface area contributed by atoms with E-state index in [-0.39, 0.29) is 35.6 Å². The minimum atomic E-state index is -0.642. The van der Waals surface area contributed by atoms with Crippen LogP contribution in [-0.2, 0) is 19.2 Å². The summed E-state index contributed by atoms with van der Waals surface area (Å²) in [5, 5.41) is 10.5. The van der Waals surface area contributed by atoms with Crippen molar-refractivity contribution in [1.82, 2.24) is 0 Å². The lowest BCUT2D eigenvalue weighted by molar-refractivity contribution is -0.123. The molecule has 4 aliphatic rings. The first-order chi connectivity index (χ1) is 19.2. The molecule has 7 nitrogen and oxygen atoms in total. The first-order valence-electron chi connectivity index (χ1n) is 13.1. The fourth-order valence-electron chi connectivity index (χ4n) is 6.49. The number of carbonyl (C=O) groups is 4. The topological polar surface area (TPSA) is 101 Å². The number of allylic oxidation sites excluding steroid dienone is 7. The second-order valence-corrected chi connectivity index (χ2v) is 11.0. The monoisotopic (exact) mass is 555 g/mol. The Labute approximate surface area is 236 Å². The van der Waals surface area contributed by atoms with Gasteiger partial charge < -0.3 is 9.84 Å². The number of halogens is 1. The molecular formula is C32H26ClNO6. The van der Waals surface area contributed by atoms with Gasteiger partial charge in [-0.3, -0.25) is 24.1 Å². The molecule has 40 heavy (non-hydrogen) atoms. The Morgan fingerprint density at radius 2 is 1.77 bits per heavy atom. The van der Waals surface area contributed by atoms with Gasteiger partial charge >= 0.3 is 0 Å². The molecule has 0 saturated carbocycles. The average molecular weight is 556 g/mol. The first kappa shape index (κ1) is 26.0. The summed E-state index contributed by atoms with van der Waals surface area (Å²) in [5.41, 5.74) is 3.28. The number of nitrogens with zero attached hydrogens (tertiary/aromatic N) is 1. The van der Waals surface area contributed by atoms with Gasteiger partial charge in [-0.1, -0.05) is 41.5 Å². The zero-order chi connectivity index (χ0) is 28.3. The first-order valence-corrected chi connectivity index (χ1v) is 13.5. The van der Waals surface area contributed by atoms with Crippen LogP contribution in [0.2, 0.25) is 5.02 Å². The predicted molar refractivity (Wildman–Crippen MR) is 150 cm³/mol. The lowest BCUT2D eigenvalue weighted by Crippen LogP contribution is -2.40. The molecular weight excluding hydrogens is 530 g/mol. The van der Waals surface area contributed by atoms with Crippen LogP contribution in [0.25, 0.3) is 6.08 Å². The minimum Gasteiger partial charge on any atom is -0.504 e. The maximum absolute atomic E-state index is 13.8. The molecule has 0 spiro atoms. The average Bonchev–Trinajstić information content (AvgIpc) is 3.20. The fourth-order valence-corrected chi connectivity index (χ4v) is 6.61. The SMILES string of the molecule is COc1cc(C=C[C@H]2C3=CC[C@@H]4C(=O)N(c5ccc(Cl)cc5)C(=O)[C@@H]4[C@@H]3CC3=C2C(=O)C(C)=CC3=O)ccc1O. The lowest BCUT2D eigenvalue weighted by Gasteiger charge is -2.41. The Balaban J connectivity index is 1.42. The smallest absolute Gasteiger partial charge is 0.238 e. The van der Waals surface area contributed by atoms with Crippen LogP contribution in [0.4, 0.5) is 5.69 Å². The summed E-state index contributed by atoms with van der Waals surface area (Å²) < 4.78 is 5.22. The number of phenolic OH excluding ortho intramolecular Hbond substituents is 1. The maximum Gasteiger partial charge on any atom is 0.238 e.